The molecule has 2 aromatic heterocycles. The number of carbonyl (C=O) groups excluding carboxylic acids is 2. The van der Waals surface area contributed by atoms with E-state index in [0.717, 1.165) is 11.1 Å². The lowest BCUT2D eigenvalue weighted by Crippen LogP contribution is -2.17. The highest BCUT2D eigenvalue weighted by Gasteiger charge is 2.18. The molecule has 14 heteroatoms. The Hall–Kier alpha value is -7.74. The second-order valence-electron chi connectivity index (χ2n) is 12.7. The summed E-state index contributed by atoms with van der Waals surface area (Å²) in [6, 6.07) is 35.7. The lowest BCUT2D eigenvalue weighted by molar-refractivity contribution is 0.213. The number of carbonyl (C=O) groups is 2. The minimum Gasteiger partial charge on any atom is -0.505 e. The molecule has 8 rings (SSSR count). The smallest absolute Gasteiger partial charge is 0.417 e. The zero-order valence-electron chi connectivity index (χ0n) is 29.5. The minimum absolute atomic E-state index is 0.102. The summed E-state index contributed by atoms with van der Waals surface area (Å²) in [7, 11) is 0. The predicted octanol–water partition coefficient (Wildman–Crippen LogP) is 8.00. The third-order valence-electron chi connectivity index (χ3n) is 8.94. The van der Waals surface area contributed by atoms with Crippen LogP contribution in [0.5, 0.6) is 23.0 Å². The van der Waals surface area contributed by atoms with Gasteiger partial charge in [0.1, 0.15) is 56.4 Å². The number of aromatic nitrogens is 6. The molecule has 0 unspecified atom stereocenters. The molecule has 0 fully saturated rings. The van der Waals surface area contributed by atoms with Crippen molar-refractivity contribution in [2.75, 3.05) is 10.6 Å². The Balaban J connectivity index is 0.837. The van der Waals surface area contributed by atoms with E-state index in [-0.39, 0.29) is 23.0 Å². The number of anilines is 2. The maximum Gasteiger partial charge on any atom is 0.417 e. The normalized spacial score (nSPS) is 11.1. The van der Waals surface area contributed by atoms with Gasteiger partial charge in [0.15, 0.2) is 0 Å². The zero-order chi connectivity index (χ0) is 38.1. The van der Waals surface area contributed by atoms with Crippen molar-refractivity contribution in [2.24, 2.45) is 0 Å². The fourth-order valence-electron chi connectivity index (χ4n) is 5.95. The number of hydrogen-bond donors (Lipinski definition) is 4. The largest absolute Gasteiger partial charge is 0.505 e. The van der Waals surface area contributed by atoms with E-state index in [2.05, 4.69) is 31.0 Å². The summed E-state index contributed by atoms with van der Waals surface area (Å²) in [5.41, 5.74) is 7.24. The van der Waals surface area contributed by atoms with Crippen molar-refractivity contribution in [1.29, 1.82) is 0 Å². The number of rotatable bonds is 8. The molecule has 55 heavy (non-hydrogen) atoms. The van der Waals surface area contributed by atoms with Crippen molar-refractivity contribution < 1.29 is 29.3 Å². The molecule has 2 amide bonds. The van der Waals surface area contributed by atoms with Crippen LogP contribution in [0.2, 0.25) is 0 Å². The molecule has 0 atom stereocenters. The first-order chi connectivity index (χ1) is 26.7. The molecule has 272 valence electrons. The summed E-state index contributed by atoms with van der Waals surface area (Å²) in [6.45, 7) is 3.29. The van der Waals surface area contributed by atoms with E-state index >= 15 is 0 Å². The van der Waals surface area contributed by atoms with E-state index in [4.69, 9.17) is 9.47 Å². The van der Waals surface area contributed by atoms with Crippen LogP contribution in [-0.2, 0) is 6.42 Å². The molecule has 6 aromatic carbocycles. The van der Waals surface area contributed by atoms with Crippen LogP contribution in [0.4, 0.5) is 21.0 Å². The number of benzene rings is 6. The van der Waals surface area contributed by atoms with Gasteiger partial charge in [-0.2, -0.15) is 0 Å². The SMILES string of the molecule is Cc1c(OC(=O)Nc2ccc(Cc3ccc(NC(=O)Oc4ccc(-n5nc6ccccc6n5)c(O)c4C)cc3)cc2)ccc(-n2nc3ccccc3n2)c1O. The predicted molar refractivity (Wildman–Crippen MR) is 206 cm³/mol. The maximum absolute atomic E-state index is 12.7. The van der Waals surface area contributed by atoms with Gasteiger partial charge in [0.2, 0.25) is 0 Å². The summed E-state index contributed by atoms with van der Waals surface area (Å²) in [4.78, 5) is 28.2. The monoisotopic (exact) mass is 732 g/mol. The Kier molecular flexibility index (Phi) is 8.96. The molecule has 0 spiro atoms. The Bertz CT molecular complexity index is 2470. The van der Waals surface area contributed by atoms with E-state index in [1.807, 2.05) is 72.8 Å². The van der Waals surface area contributed by atoms with Crippen LogP contribution in [0.3, 0.4) is 0 Å². The maximum atomic E-state index is 12.7. The molecule has 0 bridgehead atoms. The molecule has 0 aliphatic rings. The average molecular weight is 733 g/mol. The first-order valence-electron chi connectivity index (χ1n) is 17.1. The molecular formula is C41H32N8O6. The standard InChI is InChI=1S/C41H32N8O6/c1-24-36(21-19-34(38(24)50)48-44-30-7-3-4-8-31(30)45-48)54-40(52)42-28-15-11-26(12-16-28)23-27-13-17-29(18-14-27)43-41(53)55-37-22-20-35(39(51)25(37)2)49-46-32-9-5-6-10-33(32)47-49/h3-22,50-51H,23H2,1-2H3,(H,42,52)(H,43,53). The Morgan fingerprint density at radius 1 is 0.527 bits per heavy atom. The highest BCUT2D eigenvalue weighted by Crippen LogP contribution is 2.34. The summed E-state index contributed by atoms with van der Waals surface area (Å²) in [6.07, 6.45) is -0.819. The van der Waals surface area contributed by atoms with Crippen molar-refractivity contribution in [3.05, 3.63) is 144 Å². The minimum atomic E-state index is -0.711. The number of phenols is 2. The van der Waals surface area contributed by atoms with Gasteiger partial charge in [-0.1, -0.05) is 48.5 Å². The van der Waals surface area contributed by atoms with Crippen LogP contribution < -0.4 is 20.1 Å². The van der Waals surface area contributed by atoms with Gasteiger partial charge in [-0.25, -0.2) is 9.59 Å². The van der Waals surface area contributed by atoms with Crippen LogP contribution >= 0.6 is 0 Å². The summed E-state index contributed by atoms with van der Waals surface area (Å²) in [5, 5.41) is 44.7. The Labute approximate surface area is 313 Å². The second-order valence-corrected chi connectivity index (χ2v) is 12.7. The summed E-state index contributed by atoms with van der Waals surface area (Å²) in [5.74, 6) is 0.184. The quantitative estimate of drug-likeness (QED) is 0.120. The summed E-state index contributed by atoms with van der Waals surface area (Å²) < 4.78 is 11.0. The Morgan fingerprint density at radius 2 is 0.873 bits per heavy atom. The topological polar surface area (TPSA) is 179 Å². The van der Waals surface area contributed by atoms with Gasteiger partial charge in [0, 0.05) is 22.5 Å². The highest BCUT2D eigenvalue weighted by atomic mass is 16.6. The van der Waals surface area contributed by atoms with Crippen molar-refractivity contribution in [3.63, 3.8) is 0 Å². The number of hydrogen-bond acceptors (Lipinski definition) is 10. The number of nitrogens with one attached hydrogen (secondary N) is 2. The molecule has 8 aromatic rings. The van der Waals surface area contributed by atoms with E-state index in [0.29, 0.717) is 62.4 Å². The number of phenolic OH excluding ortho intramolecular Hbond substituents is 2. The fourth-order valence-corrected chi connectivity index (χ4v) is 5.95. The molecule has 0 saturated heterocycles. The van der Waals surface area contributed by atoms with Crippen molar-refractivity contribution >= 4 is 45.6 Å². The first kappa shape index (κ1) is 34.4. The number of ether oxygens (including phenoxy) is 2. The first-order valence-corrected chi connectivity index (χ1v) is 17.1. The van der Waals surface area contributed by atoms with Crippen molar-refractivity contribution in [2.45, 2.75) is 20.3 Å². The van der Waals surface area contributed by atoms with Crippen LogP contribution in [-0.4, -0.2) is 52.4 Å². The van der Waals surface area contributed by atoms with Gasteiger partial charge in [-0.3, -0.25) is 10.6 Å². The number of fused-ring (bicyclic) bond motifs is 2. The van der Waals surface area contributed by atoms with Gasteiger partial charge < -0.3 is 19.7 Å². The van der Waals surface area contributed by atoms with Gasteiger partial charge in [-0.15, -0.1) is 30.0 Å². The lowest BCUT2D eigenvalue weighted by Gasteiger charge is -2.13. The summed E-state index contributed by atoms with van der Waals surface area (Å²) >= 11 is 0. The van der Waals surface area contributed by atoms with Crippen LogP contribution in [0.15, 0.2) is 121 Å². The van der Waals surface area contributed by atoms with E-state index in [1.54, 1.807) is 62.4 Å². The molecule has 4 N–H and O–H groups in total. The molecule has 0 radical (unpaired) electrons. The number of aromatic hydroxyl groups is 2. The second kappa shape index (κ2) is 14.4. The highest BCUT2D eigenvalue weighted by molar-refractivity contribution is 5.87. The number of nitrogens with zero attached hydrogens (tertiary/aromatic N) is 6. The van der Waals surface area contributed by atoms with Crippen LogP contribution in [0.1, 0.15) is 22.3 Å². The van der Waals surface area contributed by atoms with Gasteiger partial charge >= 0.3 is 12.2 Å². The van der Waals surface area contributed by atoms with Crippen molar-refractivity contribution in [3.8, 4) is 34.4 Å². The van der Waals surface area contributed by atoms with Crippen LogP contribution in [0.25, 0.3) is 33.4 Å². The lowest BCUT2D eigenvalue weighted by atomic mass is 10.0. The molecule has 0 aliphatic carbocycles. The third kappa shape index (κ3) is 7.19. The zero-order valence-corrected chi connectivity index (χ0v) is 29.5. The van der Waals surface area contributed by atoms with Gasteiger partial charge in [0.05, 0.1) is 0 Å². The molecule has 0 saturated carbocycles. The van der Waals surface area contributed by atoms with E-state index < -0.39 is 12.2 Å². The molecule has 14 nitrogen and oxygen atoms in total. The van der Waals surface area contributed by atoms with Gasteiger partial charge in [-0.05, 0) is 104 Å². The Morgan fingerprint density at radius 3 is 1.22 bits per heavy atom. The van der Waals surface area contributed by atoms with Crippen molar-refractivity contribution in [1.82, 2.24) is 30.0 Å². The third-order valence-corrected chi connectivity index (χ3v) is 8.94. The van der Waals surface area contributed by atoms with E-state index in [1.165, 1.54) is 9.59 Å². The average Bonchev–Trinajstić information content (AvgIpc) is 3.82. The molecular weight excluding hydrogens is 701 g/mol. The molecule has 0 aliphatic heterocycles. The number of amides is 2. The van der Waals surface area contributed by atoms with Gasteiger partial charge in [0.25, 0.3) is 0 Å². The molecule has 2 heterocycles. The van der Waals surface area contributed by atoms with Crippen LogP contribution in [0, 0.1) is 13.8 Å². The fraction of sp³-hybridized carbons (Fsp3) is 0.0732. The van der Waals surface area contributed by atoms with E-state index in [9.17, 15) is 19.8 Å².